The summed E-state index contributed by atoms with van der Waals surface area (Å²) in [5.41, 5.74) is -0.439. The zero-order valence-corrected chi connectivity index (χ0v) is 11.0. The molecule has 0 aromatic carbocycles. The van der Waals surface area contributed by atoms with Crippen LogP contribution in [0.3, 0.4) is 0 Å². The van der Waals surface area contributed by atoms with E-state index in [-0.39, 0.29) is 11.9 Å². The summed E-state index contributed by atoms with van der Waals surface area (Å²) < 4.78 is 4.86. The maximum absolute atomic E-state index is 12.6. The summed E-state index contributed by atoms with van der Waals surface area (Å²) in [6, 6.07) is -0.233. The summed E-state index contributed by atoms with van der Waals surface area (Å²) in [6.45, 7) is 1.41. The summed E-state index contributed by atoms with van der Waals surface area (Å²) in [5.74, 6) is -0.238. The maximum Gasteiger partial charge on any atom is 0.329 e. The topological polar surface area (TPSA) is 96.5 Å². The van der Waals surface area contributed by atoms with Crippen molar-refractivity contribution in [3.63, 3.8) is 0 Å². The normalized spacial score (nSPS) is 21.1. The third kappa shape index (κ3) is 1.88. The zero-order valence-electron chi connectivity index (χ0n) is 11.0. The number of ether oxygens (including phenoxy) is 1. The third-order valence-corrected chi connectivity index (χ3v) is 3.67. The first-order valence-corrected chi connectivity index (χ1v) is 6.40. The Morgan fingerprint density at radius 2 is 1.90 bits per heavy atom. The Morgan fingerprint density at radius 3 is 2.50 bits per heavy atom. The molecule has 1 aromatic rings. The van der Waals surface area contributed by atoms with Crippen LogP contribution in [0, 0.1) is 0 Å². The van der Waals surface area contributed by atoms with Gasteiger partial charge in [-0.25, -0.2) is 19.7 Å². The number of aromatic nitrogens is 2. The Morgan fingerprint density at radius 1 is 1.25 bits per heavy atom. The molecule has 1 spiro atoms. The van der Waals surface area contributed by atoms with E-state index in [1.165, 1.54) is 19.5 Å². The smallest absolute Gasteiger partial charge is 0.329 e. The molecular weight excluding hydrogens is 262 g/mol. The number of rotatable bonds is 2. The fraction of sp³-hybridized carbons (Fsp3) is 0.500. The van der Waals surface area contributed by atoms with E-state index >= 15 is 0 Å². The molecule has 0 aliphatic carbocycles. The summed E-state index contributed by atoms with van der Waals surface area (Å²) in [6.07, 6.45) is 3.99. The number of nitrogens with one attached hydrogen (secondary N) is 2. The van der Waals surface area contributed by atoms with E-state index in [1.807, 2.05) is 0 Å². The van der Waals surface area contributed by atoms with E-state index in [0.717, 1.165) is 4.90 Å². The van der Waals surface area contributed by atoms with E-state index in [2.05, 4.69) is 20.6 Å². The Kier molecular flexibility index (Phi) is 3.01. The van der Waals surface area contributed by atoms with Crippen LogP contribution < -0.4 is 20.3 Å². The highest BCUT2D eigenvalue weighted by Gasteiger charge is 2.52. The van der Waals surface area contributed by atoms with Gasteiger partial charge < -0.3 is 15.4 Å². The number of urea groups is 1. The van der Waals surface area contributed by atoms with Crippen LogP contribution >= 0.6 is 0 Å². The Labute approximate surface area is 115 Å². The maximum atomic E-state index is 12.6. The lowest BCUT2D eigenvalue weighted by Gasteiger charge is -2.30. The molecule has 1 aromatic heterocycles. The van der Waals surface area contributed by atoms with Crippen LogP contribution in [0.15, 0.2) is 12.4 Å². The number of carbonyl (C=O) groups is 2. The van der Waals surface area contributed by atoms with Gasteiger partial charge in [0, 0.05) is 0 Å². The Bertz CT molecular complexity index is 539. The molecule has 2 fully saturated rings. The van der Waals surface area contributed by atoms with Gasteiger partial charge in [-0.2, -0.15) is 0 Å². The molecule has 0 atom stereocenters. The summed E-state index contributed by atoms with van der Waals surface area (Å²) in [4.78, 5) is 33.6. The van der Waals surface area contributed by atoms with Crippen LogP contribution in [0.1, 0.15) is 12.8 Å². The highest BCUT2D eigenvalue weighted by atomic mass is 16.5. The number of anilines is 1. The lowest BCUT2D eigenvalue weighted by Crippen LogP contribution is -2.53. The van der Waals surface area contributed by atoms with Gasteiger partial charge in [0.15, 0.2) is 0 Å². The molecule has 8 heteroatoms. The lowest BCUT2D eigenvalue weighted by atomic mass is 9.88. The fourth-order valence-electron chi connectivity index (χ4n) is 2.58. The van der Waals surface area contributed by atoms with Crippen LogP contribution in [-0.2, 0) is 4.79 Å². The second-order valence-electron chi connectivity index (χ2n) is 4.83. The predicted molar refractivity (Wildman–Crippen MR) is 69.4 cm³/mol. The number of carbonyl (C=O) groups excluding carboxylic acids is 2. The van der Waals surface area contributed by atoms with Crippen molar-refractivity contribution in [3.05, 3.63) is 12.4 Å². The minimum atomic E-state index is -0.789. The van der Waals surface area contributed by atoms with Gasteiger partial charge in [-0.05, 0) is 25.9 Å². The predicted octanol–water partition coefficient (Wildman–Crippen LogP) is -0.336. The fourth-order valence-corrected chi connectivity index (χ4v) is 2.58. The van der Waals surface area contributed by atoms with E-state index in [9.17, 15) is 9.59 Å². The monoisotopic (exact) mass is 277 g/mol. The lowest BCUT2D eigenvalue weighted by molar-refractivity contribution is -0.122. The number of piperidine rings is 1. The number of hydrogen-bond acceptors (Lipinski definition) is 6. The summed E-state index contributed by atoms with van der Waals surface area (Å²) >= 11 is 0. The van der Waals surface area contributed by atoms with Crippen molar-refractivity contribution in [2.45, 2.75) is 18.4 Å². The molecule has 20 heavy (non-hydrogen) atoms. The molecule has 3 amide bonds. The Balaban J connectivity index is 1.89. The molecule has 2 aliphatic rings. The first-order valence-electron chi connectivity index (χ1n) is 6.40. The average molecular weight is 277 g/mol. The van der Waals surface area contributed by atoms with E-state index in [0.29, 0.717) is 31.6 Å². The molecule has 0 radical (unpaired) electrons. The third-order valence-electron chi connectivity index (χ3n) is 3.67. The zero-order chi connectivity index (χ0) is 14.2. The van der Waals surface area contributed by atoms with Gasteiger partial charge in [0.05, 0.1) is 25.2 Å². The van der Waals surface area contributed by atoms with Gasteiger partial charge in [-0.15, -0.1) is 0 Å². The van der Waals surface area contributed by atoms with Gasteiger partial charge >= 0.3 is 12.0 Å². The van der Waals surface area contributed by atoms with Crippen molar-refractivity contribution in [2.75, 3.05) is 25.1 Å². The SMILES string of the molecule is COc1ncc(N2C(=O)NC3(CCNCC3)C2=O)cn1. The first kappa shape index (κ1) is 12.8. The molecule has 2 N–H and O–H groups in total. The second-order valence-corrected chi connectivity index (χ2v) is 4.83. The number of methoxy groups -OCH3 is 1. The molecular formula is C12H15N5O3. The van der Waals surface area contributed by atoms with Crippen LogP contribution in [0.4, 0.5) is 10.5 Å². The minimum absolute atomic E-state index is 0.192. The molecule has 3 heterocycles. The van der Waals surface area contributed by atoms with E-state index < -0.39 is 11.6 Å². The quantitative estimate of drug-likeness (QED) is 0.718. The van der Waals surface area contributed by atoms with Crippen molar-refractivity contribution >= 4 is 17.6 Å². The van der Waals surface area contributed by atoms with Crippen molar-refractivity contribution < 1.29 is 14.3 Å². The molecule has 106 valence electrons. The van der Waals surface area contributed by atoms with Crippen LogP contribution in [-0.4, -0.2) is 47.6 Å². The number of imide groups is 1. The molecule has 2 aliphatic heterocycles. The standard InChI is InChI=1S/C12H15N5O3/c1-20-10-14-6-8(7-15-10)17-9(18)12(16-11(17)19)2-4-13-5-3-12/h6-7,13H,2-5H2,1H3,(H,16,19). The number of nitrogens with zero attached hydrogens (tertiary/aromatic N) is 3. The highest BCUT2D eigenvalue weighted by Crippen LogP contribution is 2.30. The highest BCUT2D eigenvalue weighted by molar-refractivity contribution is 6.23. The molecule has 0 unspecified atom stereocenters. The second kappa shape index (κ2) is 4.71. The van der Waals surface area contributed by atoms with Gasteiger partial charge in [0.2, 0.25) is 0 Å². The van der Waals surface area contributed by atoms with Crippen molar-refractivity contribution in [1.82, 2.24) is 20.6 Å². The van der Waals surface area contributed by atoms with Gasteiger partial charge in [-0.3, -0.25) is 4.79 Å². The van der Waals surface area contributed by atoms with Gasteiger partial charge in [0.1, 0.15) is 5.54 Å². The van der Waals surface area contributed by atoms with Gasteiger partial charge in [-0.1, -0.05) is 0 Å². The van der Waals surface area contributed by atoms with Crippen molar-refractivity contribution in [2.24, 2.45) is 0 Å². The number of amides is 3. The largest absolute Gasteiger partial charge is 0.467 e. The molecule has 2 saturated heterocycles. The van der Waals surface area contributed by atoms with Crippen LogP contribution in [0.2, 0.25) is 0 Å². The first-order chi connectivity index (χ1) is 9.66. The minimum Gasteiger partial charge on any atom is -0.467 e. The van der Waals surface area contributed by atoms with Crippen molar-refractivity contribution in [1.29, 1.82) is 0 Å². The van der Waals surface area contributed by atoms with Crippen molar-refractivity contribution in [3.8, 4) is 6.01 Å². The van der Waals surface area contributed by atoms with E-state index in [4.69, 9.17) is 4.74 Å². The molecule has 0 bridgehead atoms. The van der Waals surface area contributed by atoms with Gasteiger partial charge in [0.25, 0.3) is 5.91 Å². The van der Waals surface area contributed by atoms with E-state index in [1.54, 1.807) is 0 Å². The number of hydrogen-bond donors (Lipinski definition) is 2. The molecule has 3 rings (SSSR count). The molecule has 8 nitrogen and oxygen atoms in total. The summed E-state index contributed by atoms with van der Waals surface area (Å²) in [5, 5.41) is 5.98. The Hall–Kier alpha value is -2.22. The molecule has 0 saturated carbocycles. The summed E-state index contributed by atoms with van der Waals surface area (Å²) in [7, 11) is 1.45. The van der Waals surface area contributed by atoms with Crippen LogP contribution in [0.25, 0.3) is 0 Å². The average Bonchev–Trinajstić information content (AvgIpc) is 2.71. The van der Waals surface area contributed by atoms with Crippen LogP contribution in [0.5, 0.6) is 6.01 Å².